The molecule has 1 aliphatic rings. The lowest BCUT2D eigenvalue weighted by molar-refractivity contribution is -0.123. The SMILES string of the molecule is CC(c1ccc(F)c(F)c1)N(C)CC(=O)NC(C)(C#N)C1CC1. The molecule has 23 heavy (non-hydrogen) atoms. The molecule has 0 radical (unpaired) electrons. The molecule has 1 saturated carbocycles. The first-order valence-electron chi connectivity index (χ1n) is 7.64. The van der Waals surface area contributed by atoms with Gasteiger partial charge in [-0.25, -0.2) is 8.78 Å². The maximum absolute atomic E-state index is 13.3. The predicted octanol–water partition coefficient (Wildman–Crippen LogP) is 2.77. The van der Waals surface area contributed by atoms with E-state index in [1.807, 2.05) is 6.92 Å². The fraction of sp³-hybridized carbons (Fsp3) is 0.529. The Bertz CT molecular complexity index is 639. The lowest BCUT2D eigenvalue weighted by Crippen LogP contribution is -2.50. The monoisotopic (exact) mass is 321 g/mol. The molecular formula is C17H21F2N3O. The van der Waals surface area contributed by atoms with E-state index in [4.69, 9.17) is 0 Å². The molecular weight excluding hydrogens is 300 g/mol. The van der Waals surface area contributed by atoms with Crippen molar-refractivity contribution in [3.63, 3.8) is 0 Å². The Morgan fingerprint density at radius 1 is 1.48 bits per heavy atom. The molecule has 1 aromatic rings. The van der Waals surface area contributed by atoms with Crippen LogP contribution in [0.15, 0.2) is 18.2 Å². The van der Waals surface area contributed by atoms with E-state index in [1.165, 1.54) is 6.07 Å². The van der Waals surface area contributed by atoms with Crippen molar-refractivity contribution in [1.82, 2.24) is 10.2 Å². The van der Waals surface area contributed by atoms with Gasteiger partial charge in [-0.3, -0.25) is 9.69 Å². The third-order valence-corrected chi connectivity index (χ3v) is 4.51. The lowest BCUT2D eigenvalue weighted by Gasteiger charge is -2.28. The number of hydrogen-bond donors (Lipinski definition) is 1. The zero-order chi connectivity index (χ0) is 17.2. The summed E-state index contributed by atoms with van der Waals surface area (Å²) in [5, 5.41) is 12.1. The van der Waals surface area contributed by atoms with Gasteiger partial charge in [-0.15, -0.1) is 0 Å². The molecule has 1 amide bonds. The molecule has 0 bridgehead atoms. The van der Waals surface area contributed by atoms with Crippen LogP contribution in [-0.4, -0.2) is 29.9 Å². The number of nitriles is 1. The number of amides is 1. The van der Waals surface area contributed by atoms with Crippen LogP contribution in [0.5, 0.6) is 0 Å². The highest BCUT2D eigenvalue weighted by Crippen LogP contribution is 2.39. The summed E-state index contributed by atoms with van der Waals surface area (Å²) < 4.78 is 26.3. The van der Waals surface area contributed by atoms with E-state index in [9.17, 15) is 18.8 Å². The van der Waals surface area contributed by atoms with Gasteiger partial charge in [0.1, 0.15) is 5.54 Å². The number of likely N-dealkylation sites (N-methyl/N-ethyl adjacent to an activating group) is 1. The second-order valence-electron chi connectivity index (χ2n) is 6.40. The van der Waals surface area contributed by atoms with Crippen LogP contribution in [0, 0.1) is 28.9 Å². The fourth-order valence-corrected chi connectivity index (χ4v) is 2.60. The third kappa shape index (κ3) is 4.05. The van der Waals surface area contributed by atoms with E-state index in [-0.39, 0.29) is 24.4 Å². The quantitative estimate of drug-likeness (QED) is 0.876. The maximum atomic E-state index is 13.3. The van der Waals surface area contributed by atoms with Crippen LogP contribution in [0.2, 0.25) is 0 Å². The number of hydrogen-bond acceptors (Lipinski definition) is 3. The zero-order valence-corrected chi connectivity index (χ0v) is 13.6. The average molecular weight is 321 g/mol. The Morgan fingerprint density at radius 3 is 2.65 bits per heavy atom. The molecule has 2 rings (SSSR count). The predicted molar refractivity (Wildman–Crippen MR) is 82.3 cm³/mol. The molecule has 6 heteroatoms. The summed E-state index contributed by atoms with van der Waals surface area (Å²) in [5.41, 5.74) is -0.243. The number of carbonyl (C=O) groups is 1. The molecule has 1 aliphatic carbocycles. The molecule has 0 aliphatic heterocycles. The van der Waals surface area contributed by atoms with Gasteiger partial charge in [0.25, 0.3) is 0 Å². The molecule has 1 fully saturated rings. The van der Waals surface area contributed by atoms with Gasteiger partial charge in [0, 0.05) is 6.04 Å². The Labute approximate surface area is 135 Å². The number of nitrogens with one attached hydrogen (secondary N) is 1. The summed E-state index contributed by atoms with van der Waals surface area (Å²) in [6.45, 7) is 3.62. The summed E-state index contributed by atoms with van der Waals surface area (Å²) in [7, 11) is 1.73. The van der Waals surface area contributed by atoms with Crippen LogP contribution in [0.3, 0.4) is 0 Å². The number of benzene rings is 1. The summed E-state index contributed by atoms with van der Waals surface area (Å²) in [6, 6.07) is 5.63. The minimum atomic E-state index is -0.905. The van der Waals surface area contributed by atoms with Crippen LogP contribution in [0.25, 0.3) is 0 Å². The van der Waals surface area contributed by atoms with Crippen LogP contribution in [0.1, 0.15) is 38.3 Å². The van der Waals surface area contributed by atoms with E-state index in [2.05, 4.69) is 11.4 Å². The molecule has 0 spiro atoms. The molecule has 2 atom stereocenters. The van der Waals surface area contributed by atoms with Crippen LogP contribution >= 0.6 is 0 Å². The summed E-state index contributed by atoms with van der Waals surface area (Å²) in [5.74, 6) is -1.84. The van der Waals surface area contributed by atoms with Crippen molar-refractivity contribution in [1.29, 1.82) is 5.26 Å². The van der Waals surface area contributed by atoms with Gasteiger partial charge < -0.3 is 5.32 Å². The molecule has 0 heterocycles. The molecule has 2 unspecified atom stereocenters. The van der Waals surface area contributed by atoms with E-state index in [0.717, 1.165) is 25.0 Å². The van der Waals surface area contributed by atoms with Gasteiger partial charge in [-0.05, 0) is 57.4 Å². The van der Waals surface area contributed by atoms with E-state index in [0.29, 0.717) is 5.56 Å². The van der Waals surface area contributed by atoms with Crippen LogP contribution < -0.4 is 5.32 Å². The third-order valence-electron chi connectivity index (χ3n) is 4.51. The Morgan fingerprint density at radius 2 is 2.13 bits per heavy atom. The van der Waals surface area contributed by atoms with Crippen molar-refractivity contribution >= 4 is 5.91 Å². The molecule has 124 valence electrons. The highest BCUT2D eigenvalue weighted by Gasteiger charge is 2.43. The summed E-state index contributed by atoms with van der Waals surface area (Å²) >= 11 is 0. The number of halogens is 2. The molecule has 0 aromatic heterocycles. The second kappa shape index (κ2) is 6.63. The molecule has 1 aromatic carbocycles. The minimum Gasteiger partial charge on any atom is -0.337 e. The topological polar surface area (TPSA) is 56.1 Å². The van der Waals surface area contributed by atoms with Gasteiger partial charge in [-0.2, -0.15) is 5.26 Å². The van der Waals surface area contributed by atoms with Crippen LogP contribution in [-0.2, 0) is 4.79 Å². The smallest absolute Gasteiger partial charge is 0.235 e. The first-order valence-corrected chi connectivity index (χ1v) is 7.64. The van der Waals surface area contributed by atoms with Gasteiger partial charge in [0.15, 0.2) is 11.6 Å². The van der Waals surface area contributed by atoms with E-state index < -0.39 is 17.2 Å². The Kier molecular flexibility index (Phi) is 5.00. The van der Waals surface area contributed by atoms with Crippen molar-refractivity contribution in [3.8, 4) is 6.07 Å². The lowest BCUT2D eigenvalue weighted by atomic mass is 9.98. The molecule has 4 nitrogen and oxygen atoms in total. The van der Waals surface area contributed by atoms with E-state index >= 15 is 0 Å². The van der Waals surface area contributed by atoms with Crippen molar-refractivity contribution in [3.05, 3.63) is 35.4 Å². The molecule has 1 N–H and O–H groups in total. The number of nitrogens with zero attached hydrogens (tertiary/aromatic N) is 2. The average Bonchev–Trinajstić information content (AvgIpc) is 3.34. The normalized spacial score (nSPS) is 18.1. The maximum Gasteiger partial charge on any atom is 0.235 e. The fourth-order valence-electron chi connectivity index (χ4n) is 2.60. The summed E-state index contributed by atoms with van der Waals surface area (Å²) in [4.78, 5) is 13.9. The zero-order valence-electron chi connectivity index (χ0n) is 13.6. The van der Waals surface area contributed by atoms with Crippen molar-refractivity contribution < 1.29 is 13.6 Å². The Hall–Kier alpha value is -2.00. The van der Waals surface area contributed by atoms with Gasteiger partial charge in [0.2, 0.25) is 5.91 Å². The van der Waals surface area contributed by atoms with Crippen molar-refractivity contribution in [2.75, 3.05) is 13.6 Å². The van der Waals surface area contributed by atoms with Gasteiger partial charge in [-0.1, -0.05) is 6.07 Å². The van der Waals surface area contributed by atoms with Gasteiger partial charge >= 0.3 is 0 Å². The first kappa shape index (κ1) is 17.4. The van der Waals surface area contributed by atoms with E-state index in [1.54, 1.807) is 18.9 Å². The van der Waals surface area contributed by atoms with Crippen LogP contribution in [0.4, 0.5) is 8.78 Å². The number of carbonyl (C=O) groups excluding carboxylic acids is 1. The Balaban J connectivity index is 1.97. The highest BCUT2D eigenvalue weighted by atomic mass is 19.2. The highest BCUT2D eigenvalue weighted by molar-refractivity contribution is 5.79. The van der Waals surface area contributed by atoms with Crippen molar-refractivity contribution in [2.45, 2.75) is 38.3 Å². The summed E-state index contributed by atoms with van der Waals surface area (Å²) in [6.07, 6.45) is 1.90. The first-order chi connectivity index (χ1) is 10.8. The van der Waals surface area contributed by atoms with Crippen molar-refractivity contribution in [2.24, 2.45) is 5.92 Å². The van der Waals surface area contributed by atoms with Gasteiger partial charge in [0.05, 0.1) is 12.6 Å². The standard InChI is InChI=1S/C17H21F2N3O/c1-11(12-4-7-14(18)15(19)8-12)22(3)9-16(23)21-17(2,10-20)13-5-6-13/h4,7-8,11,13H,5-6,9H2,1-3H3,(H,21,23). The largest absolute Gasteiger partial charge is 0.337 e. The second-order valence-corrected chi connectivity index (χ2v) is 6.40. The minimum absolute atomic E-state index is 0.0736. The number of rotatable bonds is 6. The molecule has 0 saturated heterocycles.